The van der Waals surface area contributed by atoms with Gasteiger partial charge in [-0.05, 0) is 42.8 Å². The molecule has 0 saturated heterocycles. The first-order valence-corrected chi connectivity index (χ1v) is 10.3. The summed E-state index contributed by atoms with van der Waals surface area (Å²) in [5.74, 6) is 0.131. The van der Waals surface area contributed by atoms with Gasteiger partial charge in [0.2, 0.25) is 12.7 Å². The number of hydrogen-bond donors (Lipinski definition) is 3. The molecule has 1 aliphatic heterocycles. The standard InChI is InChI=1S/C21H23N3O4.C2H2O4/c1-4-26-17-7-5-14(9-19(17)25-3)11-22-21-23-12-16(24(21)2)15-6-8-18-20(10-15)28-13-27-18;3-1(4)2(5)6/h5-10,12H,4,11,13H2,1-3H3,(H,22,23);(H,3,4)(H,5,6). The van der Waals surface area contributed by atoms with Crippen molar-refractivity contribution in [2.45, 2.75) is 13.5 Å². The summed E-state index contributed by atoms with van der Waals surface area (Å²) in [5, 5.41) is 18.2. The van der Waals surface area contributed by atoms with Crippen LogP contribution in [-0.2, 0) is 23.2 Å². The van der Waals surface area contributed by atoms with Gasteiger partial charge in [0.15, 0.2) is 23.0 Å². The molecule has 3 aromatic rings. The monoisotopic (exact) mass is 471 g/mol. The molecule has 0 fully saturated rings. The zero-order chi connectivity index (χ0) is 24.7. The van der Waals surface area contributed by atoms with Crippen molar-refractivity contribution in [3.05, 3.63) is 48.2 Å². The number of carboxylic acids is 2. The molecule has 34 heavy (non-hydrogen) atoms. The van der Waals surface area contributed by atoms with Crippen molar-refractivity contribution < 1.29 is 38.7 Å². The Balaban J connectivity index is 0.000000481. The summed E-state index contributed by atoms with van der Waals surface area (Å²) >= 11 is 0. The highest BCUT2D eigenvalue weighted by molar-refractivity contribution is 6.27. The average molecular weight is 471 g/mol. The fraction of sp³-hybridized carbons (Fsp3) is 0.261. The van der Waals surface area contributed by atoms with E-state index in [0.717, 1.165) is 45.8 Å². The normalized spacial score (nSPS) is 11.3. The molecule has 0 unspecified atom stereocenters. The van der Waals surface area contributed by atoms with E-state index >= 15 is 0 Å². The lowest BCUT2D eigenvalue weighted by Crippen LogP contribution is -2.09. The Morgan fingerprint density at radius 1 is 1.09 bits per heavy atom. The van der Waals surface area contributed by atoms with Gasteiger partial charge < -0.3 is 39.0 Å². The number of aromatic nitrogens is 2. The lowest BCUT2D eigenvalue weighted by atomic mass is 10.1. The van der Waals surface area contributed by atoms with Crippen LogP contribution in [0.2, 0.25) is 0 Å². The molecule has 2 aromatic carbocycles. The van der Waals surface area contributed by atoms with Gasteiger partial charge in [-0.25, -0.2) is 14.6 Å². The van der Waals surface area contributed by atoms with Gasteiger partial charge in [-0.3, -0.25) is 0 Å². The van der Waals surface area contributed by atoms with Crippen molar-refractivity contribution in [2.24, 2.45) is 7.05 Å². The van der Waals surface area contributed by atoms with Crippen LogP contribution in [0, 0.1) is 0 Å². The minimum Gasteiger partial charge on any atom is -0.493 e. The number of nitrogens with one attached hydrogen (secondary N) is 1. The van der Waals surface area contributed by atoms with Gasteiger partial charge in [0.05, 0.1) is 25.6 Å². The molecule has 0 bridgehead atoms. The number of hydrogen-bond acceptors (Lipinski definition) is 8. The van der Waals surface area contributed by atoms with Crippen LogP contribution in [0.3, 0.4) is 0 Å². The number of benzene rings is 2. The van der Waals surface area contributed by atoms with Gasteiger partial charge in [-0.1, -0.05) is 6.07 Å². The van der Waals surface area contributed by atoms with Crippen LogP contribution in [0.1, 0.15) is 12.5 Å². The summed E-state index contributed by atoms with van der Waals surface area (Å²) in [5.41, 5.74) is 3.09. The Kier molecular flexibility index (Phi) is 7.80. The fourth-order valence-electron chi connectivity index (χ4n) is 3.18. The maximum atomic E-state index is 9.10. The first-order chi connectivity index (χ1) is 16.3. The van der Waals surface area contributed by atoms with E-state index < -0.39 is 11.9 Å². The molecule has 0 saturated carbocycles. The highest BCUT2D eigenvalue weighted by atomic mass is 16.7. The number of carboxylic acid groups (broad SMARTS) is 2. The molecule has 11 heteroatoms. The van der Waals surface area contributed by atoms with Crippen molar-refractivity contribution in [1.29, 1.82) is 0 Å². The summed E-state index contributed by atoms with van der Waals surface area (Å²) < 4.78 is 23.9. The molecule has 180 valence electrons. The van der Waals surface area contributed by atoms with Gasteiger partial charge in [-0.15, -0.1) is 0 Å². The van der Waals surface area contributed by atoms with Crippen LogP contribution < -0.4 is 24.3 Å². The van der Waals surface area contributed by atoms with E-state index in [1.165, 1.54) is 0 Å². The Morgan fingerprint density at radius 3 is 2.50 bits per heavy atom. The molecule has 0 atom stereocenters. The Bertz CT molecular complexity index is 1160. The zero-order valence-electron chi connectivity index (χ0n) is 18.9. The Hall–Kier alpha value is -4.41. The van der Waals surface area contributed by atoms with Crippen molar-refractivity contribution in [1.82, 2.24) is 9.55 Å². The third-order valence-corrected chi connectivity index (χ3v) is 4.82. The number of imidazole rings is 1. The number of nitrogens with zero attached hydrogens (tertiary/aromatic N) is 2. The molecule has 11 nitrogen and oxygen atoms in total. The Morgan fingerprint density at radius 2 is 1.82 bits per heavy atom. The molecule has 0 amide bonds. The number of rotatable bonds is 7. The highest BCUT2D eigenvalue weighted by Crippen LogP contribution is 2.36. The Labute approximate surface area is 195 Å². The topological polar surface area (TPSA) is 141 Å². The number of carbonyl (C=O) groups is 2. The van der Waals surface area contributed by atoms with Crippen LogP contribution in [0.5, 0.6) is 23.0 Å². The lowest BCUT2D eigenvalue weighted by molar-refractivity contribution is -0.159. The largest absolute Gasteiger partial charge is 0.493 e. The van der Waals surface area contributed by atoms with Gasteiger partial charge in [0.25, 0.3) is 0 Å². The van der Waals surface area contributed by atoms with Gasteiger partial charge in [-0.2, -0.15) is 0 Å². The number of fused-ring (bicyclic) bond motifs is 1. The average Bonchev–Trinajstić information content (AvgIpc) is 3.44. The second-order valence-electron chi connectivity index (χ2n) is 6.98. The van der Waals surface area contributed by atoms with E-state index in [4.69, 9.17) is 38.7 Å². The third kappa shape index (κ3) is 5.68. The molecule has 0 spiro atoms. The minimum atomic E-state index is -1.82. The summed E-state index contributed by atoms with van der Waals surface area (Å²) in [6, 6.07) is 11.8. The lowest BCUT2D eigenvalue weighted by Gasteiger charge is -2.12. The molecule has 2 heterocycles. The van der Waals surface area contributed by atoms with Gasteiger partial charge in [0, 0.05) is 19.2 Å². The third-order valence-electron chi connectivity index (χ3n) is 4.82. The molecular weight excluding hydrogens is 446 g/mol. The SMILES string of the molecule is CCOc1ccc(CNc2ncc(-c3ccc4c(c3)OCO4)n2C)cc1OC.O=C(O)C(=O)O. The van der Waals surface area contributed by atoms with Crippen LogP contribution in [-0.4, -0.2) is 52.2 Å². The predicted octanol–water partition coefficient (Wildman–Crippen LogP) is 2.99. The second-order valence-corrected chi connectivity index (χ2v) is 6.98. The summed E-state index contributed by atoms with van der Waals surface area (Å²) in [6.07, 6.45) is 1.85. The molecule has 3 N–H and O–H groups in total. The van der Waals surface area contributed by atoms with E-state index in [1.807, 2.05) is 61.1 Å². The van der Waals surface area contributed by atoms with E-state index in [9.17, 15) is 0 Å². The number of methoxy groups -OCH3 is 1. The summed E-state index contributed by atoms with van der Waals surface area (Å²) in [7, 11) is 3.62. The van der Waals surface area contributed by atoms with Crippen molar-refractivity contribution in [3.63, 3.8) is 0 Å². The quantitative estimate of drug-likeness (QED) is 0.440. The van der Waals surface area contributed by atoms with Crippen molar-refractivity contribution in [3.8, 4) is 34.3 Å². The summed E-state index contributed by atoms with van der Waals surface area (Å²) in [4.78, 5) is 22.7. The van der Waals surface area contributed by atoms with E-state index in [-0.39, 0.29) is 6.79 Å². The van der Waals surface area contributed by atoms with Crippen molar-refractivity contribution >= 4 is 17.9 Å². The summed E-state index contributed by atoms with van der Waals surface area (Å²) in [6.45, 7) is 3.44. The van der Waals surface area contributed by atoms with Crippen LogP contribution >= 0.6 is 0 Å². The van der Waals surface area contributed by atoms with Crippen molar-refractivity contribution in [2.75, 3.05) is 25.8 Å². The molecule has 0 radical (unpaired) electrons. The van der Waals surface area contributed by atoms with Crippen LogP contribution in [0.15, 0.2) is 42.6 Å². The molecular formula is C23H25N3O8. The fourth-order valence-corrected chi connectivity index (χ4v) is 3.18. The van der Waals surface area contributed by atoms with Crippen LogP contribution in [0.25, 0.3) is 11.3 Å². The van der Waals surface area contributed by atoms with E-state index in [2.05, 4.69) is 10.3 Å². The molecule has 4 rings (SSSR count). The minimum absolute atomic E-state index is 0.266. The number of aliphatic carboxylic acids is 2. The maximum Gasteiger partial charge on any atom is 0.414 e. The second kappa shape index (κ2) is 10.9. The maximum absolute atomic E-state index is 9.10. The predicted molar refractivity (Wildman–Crippen MR) is 122 cm³/mol. The molecule has 1 aliphatic rings. The first kappa shape index (κ1) is 24.2. The number of ether oxygens (including phenoxy) is 4. The zero-order valence-corrected chi connectivity index (χ0v) is 18.9. The molecule has 1 aromatic heterocycles. The van der Waals surface area contributed by atoms with Gasteiger partial charge in [0.1, 0.15) is 0 Å². The van der Waals surface area contributed by atoms with E-state index in [0.29, 0.717) is 13.2 Å². The van der Waals surface area contributed by atoms with Gasteiger partial charge >= 0.3 is 11.9 Å². The first-order valence-electron chi connectivity index (χ1n) is 10.3. The highest BCUT2D eigenvalue weighted by Gasteiger charge is 2.16. The smallest absolute Gasteiger partial charge is 0.414 e. The van der Waals surface area contributed by atoms with E-state index in [1.54, 1.807) is 7.11 Å². The number of anilines is 1. The van der Waals surface area contributed by atoms with Crippen LogP contribution in [0.4, 0.5) is 5.95 Å². The molecule has 0 aliphatic carbocycles.